The van der Waals surface area contributed by atoms with Gasteiger partial charge in [-0.3, -0.25) is 30.6 Å². The monoisotopic (exact) mass is 407 g/mol. The summed E-state index contributed by atoms with van der Waals surface area (Å²) in [4.78, 5) is 34.4. The zero-order valence-corrected chi connectivity index (χ0v) is 14.6. The number of nitrogens with one attached hydrogen (secondary N) is 2. The van der Waals surface area contributed by atoms with E-state index in [0.29, 0.717) is 10.0 Å². The number of rotatable bonds is 5. The van der Waals surface area contributed by atoms with Crippen LogP contribution < -0.4 is 15.6 Å². The van der Waals surface area contributed by atoms with Gasteiger partial charge in [0.2, 0.25) is 0 Å². The van der Waals surface area contributed by atoms with Gasteiger partial charge in [0.05, 0.1) is 10.5 Å². The Bertz CT molecular complexity index is 812. The summed E-state index contributed by atoms with van der Waals surface area (Å²) in [6.07, 6.45) is -1.05. The average Bonchev–Trinajstić information content (AvgIpc) is 2.60. The van der Waals surface area contributed by atoms with Crippen LogP contribution in [0.15, 0.2) is 53.0 Å². The van der Waals surface area contributed by atoms with Gasteiger partial charge in [0.1, 0.15) is 0 Å². The van der Waals surface area contributed by atoms with Crippen LogP contribution in [0.4, 0.5) is 5.69 Å². The molecule has 1 unspecified atom stereocenters. The Balaban J connectivity index is 1.96. The average molecular weight is 408 g/mol. The minimum Gasteiger partial charge on any atom is -0.474 e. The number of amides is 2. The summed E-state index contributed by atoms with van der Waals surface area (Å²) in [5.41, 5.74) is 4.58. The van der Waals surface area contributed by atoms with Gasteiger partial charge in [0.15, 0.2) is 11.9 Å². The van der Waals surface area contributed by atoms with Gasteiger partial charge in [-0.2, -0.15) is 0 Å². The highest BCUT2D eigenvalue weighted by molar-refractivity contribution is 9.10. The number of nitro benzene ring substituents is 1. The molecule has 0 radical (unpaired) electrons. The first-order valence-electron chi connectivity index (χ1n) is 7.15. The molecule has 2 aromatic carbocycles. The molecular weight excluding hydrogens is 394 g/mol. The molecule has 0 aliphatic carbocycles. The first kappa shape index (κ1) is 18.4. The summed E-state index contributed by atoms with van der Waals surface area (Å²) in [5.74, 6) is -1.20. The fraction of sp³-hybridized carbons (Fsp3) is 0.125. The lowest BCUT2D eigenvalue weighted by molar-refractivity contribution is -0.386. The van der Waals surface area contributed by atoms with E-state index >= 15 is 0 Å². The summed E-state index contributed by atoms with van der Waals surface area (Å²) in [5, 5.41) is 10.9. The topological polar surface area (TPSA) is 111 Å². The first-order chi connectivity index (χ1) is 11.9. The van der Waals surface area contributed by atoms with Crippen LogP contribution in [-0.2, 0) is 4.79 Å². The van der Waals surface area contributed by atoms with Gasteiger partial charge in [0, 0.05) is 10.5 Å². The van der Waals surface area contributed by atoms with Crippen LogP contribution in [0, 0.1) is 10.1 Å². The molecule has 0 fully saturated rings. The minimum absolute atomic E-state index is 0.0349. The summed E-state index contributed by atoms with van der Waals surface area (Å²) in [6.45, 7) is 1.41. The van der Waals surface area contributed by atoms with E-state index in [9.17, 15) is 19.7 Å². The minimum atomic E-state index is -1.05. The molecule has 25 heavy (non-hydrogen) atoms. The van der Waals surface area contributed by atoms with Gasteiger partial charge in [-0.1, -0.05) is 24.3 Å². The highest BCUT2D eigenvalue weighted by Gasteiger charge is 2.21. The molecule has 130 valence electrons. The van der Waals surface area contributed by atoms with E-state index in [1.165, 1.54) is 25.1 Å². The molecule has 0 aliphatic rings. The SMILES string of the molecule is CC(Oc1ccccc1[N+](=O)[O-])C(=O)NNC(=O)c1ccccc1Br. The van der Waals surface area contributed by atoms with Crippen LogP contribution in [-0.4, -0.2) is 22.8 Å². The molecule has 1 atom stereocenters. The predicted octanol–water partition coefficient (Wildman–Crippen LogP) is 2.59. The molecule has 8 nitrogen and oxygen atoms in total. The van der Waals surface area contributed by atoms with Crippen LogP contribution in [0.25, 0.3) is 0 Å². The van der Waals surface area contributed by atoms with Crippen LogP contribution >= 0.6 is 15.9 Å². The zero-order chi connectivity index (χ0) is 18.4. The Hall–Kier alpha value is -2.94. The number of para-hydroxylation sites is 2. The molecule has 2 aromatic rings. The fourth-order valence-electron chi connectivity index (χ4n) is 1.88. The molecule has 0 aromatic heterocycles. The van der Waals surface area contributed by atoms with Crippen molar-refractivity contribution in [3.05, 3.63) is 68.7 Å². The van der Waals surface area contributed by atoms with E-state index in [1.807, 2.05) is 0 Å². The van der Waals surface area contributed by atoms with Crippen molar-refractivity contribution in [3.8, 4) is 5.75 Å². The molecule has 2 amide bonds. The third kappa shape index (κ3) is 4.77. The van der Waals surface area contributed by atoms with Crippen LogP contribution in [0.1, 0.15) is 17.3 Å². The molecular formula is C16H14BrN3O5. The smallest absolute Gasteiger partial charge is 0.310 e. The van der Waals surface area contributed by atoms with E-state index in [2.05, 4.69) is 26.8 Å². The second-order valence-corrected chi connectivity index (χ2v) is 5.76. The number of halogens is 1. The lowest BCUT2D eigenvalue weighted by Crippen LogP contribution is -2.47. The van der Waals surface area contributed by atoms with Gasteiger partial charge in [0.25, 0.3) is 11.8 Å². The van der Waals surface area contributed by atoms with Gasteiger partial charge in [-0.15, -0.1) is 0 Å². The predicted molar refractivity (Wildman–Crippen MR) is 92.9 cm³/mol. The van der Waals surface area contributed by atoms with Crippen molar-refractivity contribution in [2.75, 3.05) is 0 Å². The summed E-state index contributed by atoms with van der Waals surface area (Å²) < 4.78 is 5.89. The molecule has 9 heteroatoms. The van der Waals surface area contributed by atoms with Crippen molar-refractivity contribution in [3.63, 3.8) is 0 Å². The number of hydrogen-bond acceptors (Lipinski definition) is 5. The molecule has 0 saturated heterocycles. The number of carbonyl (C=O) groups is 2. The summed E-state index contributed by atoms with van der Waals surface area (Å²) in [7, 11) is 0. The largest absolute Gasteiger partial charge is 0.474 e. The number of hydrogen-bond donors (Lipinski definition) is 2. The fourth-order valence-corrected chi connectivity index (χ4v) is 2.35. The molecule has 0 aliphatic heterocycles. The second-order valence-electron chi connectivity index (χ2n) is 4.91. The Kier molecular flexibility index (Phi) is 6.07. The molecule has 0 heterocycles. The summed E-state index contributed by atoms with van der Waals surface area (Å²) >= 11 is 3.24. The lowest BCUT2D eigenvalue weighted by atomic mass is 10.2. The number of ether oxygens (including phenoxy) is 1. The third-order valence-corrected chi connectivity index (χ3v) is 3.84. The van der Waals surface area contributed by atoms with E-state index in [-0.39, 0.29) is 11.4 Å². The highest BCUT2D eigenvalue weighted by Crippen LogP contribution is 2.26. The molecule has 2 N–H and O–H groups in total. The number of nitrogens with zero attached hydrogens (tertiary/aromatic N) is 1. The van der Waals surface area contributed by atoms with Gasteiger partial charge < -0.3 is 4.74 Å². The normalized spacial score (nSPS) is 11.3. The molecule has 0 spiro atoms. The maximum Gasteiger partial charge on any atom is 0.310 e. The standard InChI is InChI=1S/C16H14BrN3O5/c1-10(25-14-9-5-4-8-13(14)20(23)24)15(21)18-19-16(22)11-6-2-3-7-12(11)17/h2-10H,1H3,(H,18,21)(H,19,22). The lowest BCUT2D eigenvalue weighted by Gasteiger charge is -2.15. The van der Waals surface area contributed by atoms with Crippen molar-refractivity contribution in [1.82, 2.24) is 10.9 Å². The van der Waals surface area contributed by atoms with Gasteiger partial charge in [-0.25, -0.2) is 0 Å². The molecule has 2 rings (SSSR count). The van der Waals surface area contributed by atoms with Crippen LogP contribution in [0.5, 0.6) is 5.75 Å². The van der Waals surface area contributed by atoms with Crippen molar-refractivity contribution in [2.24, 2.45) is 0 Å². The van der Waals surface area contributed by atoms with E-state index in [4.69, 9.17) is 4.74 Å². The quantitative estimate of drug-likeness (QED) is 0.584. The van der Waals surface area contributed by atoms with Crippen molar-refractivity contribution in [1.29, 1.82) is 0 Å². The summed E-state index contributed by atoms with van der Waals surface area (Å²) in [6, 6.07) is 12.4. The van der Waals surface area contributed by atoms with Crippen molar-refractivity contribution >= 4 is 33.4 Å². The second kappa shape index (κ2) is 8.25. The van der Waals surface area contributed by atoms with Crippen LogP contribution in [0.2, 0.25) is 0 Å². The number of benzene rings is 2. The van der Waals surface area contributed by atoms with E-state index in [1.54, 1.807) is 30.3 Å². The van der Waals surface area contributed by atoms with Gasteiger partial charge >= 0.3 is 5.69 Å². The van der Waals surface area contributed by atoms with E-state index < -0.39 is 22.8 Å². The van der Waals surface area contributed by atoms with Crippen LogP contribution in [0.3, 0.4) is 0 Å². The van der Waals surface area contributed by atoms with Gasteiger partial charge in [-0.05, 0) is 41.1 Å². The Morgan fingerprint density at radius 3 is 2.44 bits per heavy atom. The number of nitro groups is 1. The Morgan fingerprint density at radius 1 is 1.12 bits per heavy atom. The Labute approximate surface area is 151 Å². The first-order valence-corrected chi connectivity index (χ1v) is 7.94. The number of carbonyl (C=O) groups excluding carboxylic acids is 2. The highest BCUT2D eigenvalue weighted by atomic mass is 79.9. The van der Waals surface area contributed by atoms with E-state index in [0.717, 1.165) is 0 Å². The molecule has 0 bridgehead atoms. The maximum atomic E-state index is 12.0. The number of hydrazine groups is 1. The zero-order valence-electron chi connectivity index (χ0n) is 13.1. The third-order valence-electron chi connectivity index (χ3n) is 3.15. The maximum absolute atomic E-state index is 12.0. The Morgan fingerprint density at radius 2 is 1.76 bits per heavy atom. The van der Waals surface area contributed by atoms with Crippen molar-refractivity contribution in [2.45, 2.75) is 13.0 Å². The van der Waals surface area contributed by atoms with Crippen molar-refractivity contribution < 1.29 is 19.2 Å². The molecule has 0 saturated carbocycles.